The zero-order chi connectivity index (χ0) is 19.9. The Kier molecular flexibility index (Phi) is 7.09. The summed E-state index contributed by atoms with van der Waals surface area (Å²) in [4.78, 5) is 23.9. The van der Waals surface area contributed by atoms with E-state index in [2.05, 4.69) is 10.0 Å². The number of carbonyl (C=O) groups is 2. The summed E-state index contributed by atoms with van der Waals surface area (Å²) >= 11 is 0. The largest absolute Gasteiger partial charge is 0.454 e. The highest BCUT2D eigenvalue weighted by molar-refractivity contribution is 7.89. The van der Waals surface area contributed by atoms with E-state index in [-0.39, 0.29) is 4.90 Å². The molecule has 2 rings (SSSR count). The highest BCUT2D eigenvalue weighted by atomic mass is 32.2. The second-order valence-corrected chi connectivity index (χ2v) is 7.58. The summed E-state index contributed by atoms with van der Waals surface area (Å²) in [5.74, 6) is -1.35. The summed E-state index contributed by atoms with van der Waals surface area (Å²) < 4.78 is 31.5. The van der Waals surface area contributed by atoms with Gasteiger partial charge < -0.3 is 10.1 Å². The summed E-state index contributed by atoms with van der Waals surface area (Å²) in [6.45, 7) is 2.85. The van der Waals surface area contributed by atoms with Gasteiger partial charge in [-0.3, -0.25) is 9.59 Å². The second-order valence-electron chi connectivity index (χ2n) is 5.87. The van der Waals surface area contributed by atoms with E-state index in [0.717, 1.165) is 12.0 Å². The first-order chi connectivity index (χ1) is 12.8. The van der Waals surface area contributed by atoms with Crippen LogP contribution in [0.5, 0.6) is 0 Å². The average Bonchev–Trinajstić information content (AvgIpc) is 2.66. The number of carbonyl (C=O) groups excluding carboxylic acids is 2. The van der Waals surface area contributed by atoms with Gasteiger partial charge in [0, 0.05) is 5.69 Å². The van der Waals surface area contributed by atoms with E-state index in [9.17, 15) is 18.0 Å². The fraction of sp³-hybridized carbons (Fsp3) is 0.263. The predicted molar refractivity (Wildman–Crippen MR) is 102 cm³/mol. The van der Waals surface area contributed by atoms with Crippen LogP contribution in [-0.2, 0) is 30.8 Å². The standard InChI is InChI=1S/C19H22N2O5S/c1-3-15-8-7-9-16(12-15)20-18(22)13-26-19(23)14(2)21-27(24,25)17-10-5-4-6-11-17/h4-12,14,21H,3,13H2,1-2H3,(H,20,22). The molecular formula is C19H22N2O5S. The first kappa shape index (κ1) is 20.6. The summed E-state index contributed by atoms with van der Waals surface area (Å²) in [7, 11) is -3.85. The Morgan fingerprint density at radius 1 is 1.07 bits per heavy atom. The molecule has 0 aliphatic heterocycles. The normalized spacial score (nSPS) is 12.2. The Morgan fingerprint density at radius 3 is 2.44 bits per heavy atom. The molecule has 1 unspecified atom stereocenters. The van der Waals surface area contributed by atoms with Gasteiger partial charge in [0.15, 0.2) is 6.61 Å². The molecule has 1 atom stereocenters. The van der Waals surface area contributed by atoms with Gasteiger partial charge in [0.1, 0.15) is 6.04 Å². The Morgan fingerprint density at radius 2 is 1.78 bits per heavy atom. The third-order valence-electron chi connectivity index (χ3n) is 3.70. The maximum Gasteiger partial charge on any atom is 0.324 e. The minimum Gasteiger partial charge on any atom is -0.454 e. The van der Waals surface area contributed by atoms with E-state index >= 15 is 0 Å². The van der Waals surface area contributed by atoms with E-state index in [1.807, 2.05) is 25.1 Å². The molecule has 0 aliphatic rings. The van der Waals surface area contributed by atoms with E-state index in [0.29, 0.717) is 5.69 Å². The summed E-state index contributed by atoms with van der Waals surface area (Å²) in [6.07, 6.45) is 0.831. The van der Waals surface area contributed by atoms with Crippen LogP contribution in [0.15, 0.2) is 59.5 Å². The van der Waals surface area contributed by atoms with Gasteiger partial charge in [-0.15, -0.1) is 0 Å². The van der Waals surface area contributed by atoms with Crippen LogP contribution in [0.2, 0.25) is 0 Å². The summed E-state index contributed by atoms with van der Waals surface area (Å²) in [5.41, 5.74) is 1.67. The maximum absolute atomic E-state index is 12.2. The molecular weight excluding hydrogens is 368 g/mol. The lowest BCUT2D eigenvalue weighted by atomic mass is 10.1. The summed E-state index contributed by atoms with van der Waals surface area (Å²) in [5, 5.41) is 2.63. The fourth-order valence-corrected chi connectivity index (χ4v) is 3.49. The molecule has 1 amide bonds. The van der Waals surface area contributed by atoms with Crippen LogP contribution in [0.4, 0.5) is 5.69 Å². The summed E-state index contributed by atoms with van der Waals surface area (Å²) in [6, 6.07) is 13.9. The van der Waals surface area contributed by atoms with Crippen molar-refractivity contribution in [3.63, 3.8) is 0 Å². The Labute approximate surface area is 158 Å². The second kappa shape index (κ2) is 9.29. The van der Waals surface area contributed by atoms with Gasteiger partial charge >= 0.3 is 5.97 Å². The fourth-order valence-electron chi connectivity index (χ4n) is 2.28. The van der Waals surface area contributed by atoms with Crippen molar-refractivity contribution in [1.29, 1.82) is 0 Å². The number of esters is 1. The third-order valence-corrected chi connectivity index (χ3v) is 5.26. The molecule has 0 saturated carbocycles. The third kappa shape index (κ3) is 6.19. The Balaban J connectivity index is 1.86. The molecule has 0 aromatic heterocycles. The van der Waals surface area contributed by atoms with Gasteiger partial charge in [0.2, 0.25) is 10.0 Å². The smallest absolute Gasteiger partial charge is 0.324 e. The van der Waals surface area contributed by atoms with Crippen LogP contribution in [0, 0.1) is 0 Å². The highest BCUT2D eigenvalue weighted by Crippen LogP contribution is 2.11. The molecule has 144 valence electrons. The van der Waals surface area contributed by atoms with Crippen molar-refractivity contribution in [3.05, 3.63) is 60.2 Å². The minimum atomic E-state index is -3.85. The molecule has 0 aliphatic carbocycles. The molecule has 0 heterocycles. The Bertz CT molecular complexity index is 897. The first-order valence-corrected chi connectivity index (χ1v) is 9.93. The van der Waals surface area contributed by atoms with E-state index < -0.39 is 34.5 Å². The quantitative estimate of drug-likeness (QED) is 0.672. The number of sulfonamides is 1. The number of rotatable bonds is 8. The van der Waals surface area contributed by atoms with E-state index in [1.165, 1.54) is 19.1 Å². The highest BCUT2D eigenvalue weighted by Gasteiger charge is 2.23. The molecule has 0 spiro atoms. The van der Waals surface area contributed by atoms with Crippen molar-refractivity contribution in [2.24, 2.45) is 0 Å². The van der Waals surface area contributed by atoms with E-state index in [1.54, 1.807) is 24.3 Å². The molecule has 2 aromatic carbocycles. The number of aryl methyl sites for hydroxylation is 1. The number of amides is 1. The van der Waals surface area contributed by atoms with Crippen LogP contribution in [0.3, 0.4) is 0 Å². The van der Waals surface area contributed by atoms with Gasteiger partial charge in [-0.2, -0.15) is 4.72 Å². The van der Waals surface area contributed by atoms with Crippen LogP contribution in [0.25, 0.3) is 0 Å². The molecule has 8 heteroatoms. The predicted octanol–water partition coefficient (Wildman–Crippen LogP) is 2.10. The van der Waals surface area contributed by atoms with Gasteiger partial charge in [-0.1, -0.05) is 37.3 Å². The zero-order valence-electron chi connectivity index (χ0n) is 15.1. The number of ether oxygens (including phenoxy) is 1. The average molecular weight is 390 g/mol. The van der Waals surface area contributed by atoms with Crippen molar-refractivity contribution < 1.29 is 22.7 Å². The van der Waals surface area contributed by atoms with Crippen LogP contribution in [-0.4, -0.2) is 32.9 Å². The lowest BCUT2D eigenvalue weighted by molar-refractivity contribution is -0.148. The molecule has 0 bridgehead atoms. The lowest BCUT2D eigenvalue weighted by Gasteiger charge is -2.14. The SMILES string of the molecule is CCc1cccc(NC(=O)COC(=O)C(C)NS(=O)(=O)c2ccccc2)c1. The zero-order valence-corrected chi connectivity index (χ0v) is 16.0. The van der Waals surface area contributed by atoms with E-state index in [4.69, 9.17) is 4.74 Å². The van der Waals surface area contributed by atoms with Crippen LogP contribution < -0.4 is 10.0 Å². The number of anilines is 1. The van der Waals surface area contributed by atoms with Crippen molar-refractivity contribution >= 4 is 27.6 Å². The molecule has 27 heavy (non-hydrogen) atoms. The van der Waals surface area contributed by atoms with Crippen molar-refractivity contribution in [2.75, 3.05) is 11.9 Å². The van der Waals surface area contributed by atoms with Crippen molar-refractivity contribution in [2.45, 2.75) is 31.2 Å². The van der Waals surface area contributed by atoms with Crippen molar-refractivity contribution in [1.82, 2.24) is 4.72 Å². The maximum atomic E-state index is 12.2. The molecule has 0 fully saturated rings. The monoisotopic (exact) mass is 390 g/mol. The number of hydrogen-bond donors (Lipinski definition) is 2. The Hall–Kier alpha value is -2.71. The molecule has 7 nitrogen and oxygen atoms in total. The van der Waals surface area contributed by atoms with Gasteiger partial charge in [0.05, 0.1) is 4.90 Å². The number of hydrogen-bond acceptors (Lipinski definition) is 5. The van der Waals surface area contributed by atoms with Gasteiger partial charge in [-0.05, 0) is 43.2 Å². The first-order valence-electron chi connectivity index (χ1n) is 8.44. The number of benzene rings is 2. The minimum absolute atomic E-state index is 0.0400. The van der Waals surface area contributed by atoms with Gasteiger partial charge in [-0.25, -0.2) is 8.42 Å². The van der Waals surface area contributed by atoms with Crippen LogP contribution in [0.1, 0.15) is 19.4 Å². The molecule has 0 saturated heterocycles. The van der Waals surface area contributed by atoms with Crippen molar-refractivity contribution in [3.8, 4) is 0 Å². The molecule has 0 radical (unpaired) electrons. The molecule has 2 N–H and O–H groups in total. The lowest BCUT2D eigenvalue weighted by Crippen LogP contribution is -2.40. The van der Waals surface area contributed by atoms with Gasteiger partial charge in [0.25, 0.3) is 5.91 Å². The van der Waals surface area contributed by atoms with Crippen LogP contribution >= 0.6 is 0 Å². The topological polar surface area (TPSA) is 102 Å². The molecule has 2 aromatic rings. The number of nitrogens with one attached hydrogen (secondary N) is 2.